The molecule has 0 spiro atoms. The molecule has 106 valence electrons. The lowest BCUT2D eigenvalue weighted by atomic mass is 10.2. The minimum absolute atomic E-state index is 0.233. The van der Waals surface area contributed by atoms with Gasteiger partial charge in [0.25, 0.3) is 5.91 Å². The summed E-state index contributed by atoms with van der Waals surface area (Å²) in [5.74, 6) is 0.501. The van der Waals surface area contributed by atoms with Gasteiger partial charge in [-0.15, -0.1) is 0 Å². The predicted octanol–water partition coefficient (Wildman–Crippen LogP) is 2.24. The van der Waals surface area contributed by atoms with E-state index in [2.05, 4.69) is 4.74 Å². The molecule has 0 fully saturated rings. The molecule has 0 saturated heterocycles. The van der Waals surface area contributed by atoms with Gasteiger partial charge in [0, 0.05) is 7.05 Å². The lowest BCUT2D eigenvalue weighted by molar-refractivity contribution is 0.0598. The Kier molecular flexibility index (Phi) is 3.93. The third-order valence-electron chi connectivity index (χ3n) is 2.85. The largest absolute Gasteiger partial charge is 0.465 e. The monoisotopic (exact) mass is 277 g/mol. The lowest BCUT2D eigenvalue weighted by Gasteiger charge is -2.13. The van der Waals surface area contributed by atoms with E-state index in [0.29, 0.717) is 17.1 Å². The maximum absolute atomic E-state index is 12.0. The Hall–Kier alpha value is -2.50. The van der Waals surface area contributed by atoms with Gasteiger partial charge in [0.05, 0.1) is 19.9 Å². The average molecular weight is 277 g/mol. The van der Waals surface area contributed by atoms with Gasteiger partial charge in [-0.1, -0.05) is 0 Å². The predicted molar refractivity (Wildman–Crippen MR) is 69.3 cm³/mol. The first-order chi connectivity index (χ1) is 9.52. The van der Waals surface area contributed by atoms with Crippen LogP contribution in [-0.4, -0.2) is 30.9 Å². The van der Waals surface area contributed by atoms with E-state index in [0.717, 1.165) is 0 Å². The Bertz CT molecular complexity index is 612. The second-order valence-corrected chi connectivity index (χ2v) is 4.31. The normalized spacial score (nSPS) is 10.3. The second kappa shape index (κ2) is 5.64. The molecule has 0 unspecified atom stereocenters. The quantitative estimate of drug-likeness (QED) is 0.801. The minimum Gasteiger partial charge on any atom is -0.465 e. The van der Waals surface area contributed by atoms with E-state index in [1.165, 1.54) is 18.3 Å². The number of esters is 1. The minimum atomic E-state index is -0.461. The summed E-state index contributed by atoms with van der Waals surface area (Å²) in [6.07, 6.45) is 1.44. The molecular weight excluding hydrogens is 262 g/mol. The van der Waals surface area contributed by atoms with Crippen LogP contribution in [0.2, 0.25) is 0 Å². The van der Waals surface area contributed by atoms with E-state index in [1.807, 2.05) is 0 Å². The zero-order valence-corrected chi connectivity index (χ0v) is 11.5. The van der Waals surface area contributed by atoms with E-state index < -0.39 is 5.97 Å². The maximum Gasteiger partial charge on any atom is 0.341 e. The number of hydrogen-bond donors (Lipinski definition) is 0. The number of carbonyl (C=O) groups is 2. The summed E-state index contributed by atoms with van der Waals surface area (Å²) >= 11 is 0. The molecular formula is C14H15NO5. The molecule has 2 rings (SSSR count). The molecule has 2 heterocycles. The summed E-state index contributed by atoms with van der Waals surface area (Å²) in [4.78, 5) is 24.9. The van der Waals surface area contributed by atoms with E-state index >= 15 is 0 Å². The summed E-state index contributed by atoms with van der Waals surface area (Å²) in [6.45, 7) is 1.90. The number of ether oxygens (including phenoxy) is 1. The molecule has 0 N–H and O–H groups in total. The van der Waals surface area contributed by atoms with Gasteiger partial charge in [-0.05, 0) is 25.1 Å². The van der Waals surface area contributed by atoms with Crippen molar-refractivity contribution in [3.05, 3.63) is 47.3 Å². The first-order valence-corrected chi connectivity index (χ1v) is 5.99. The SMILES string of the molecule is COC(=O)c1cc(CN(C)C(=O)c2ccco2)oc1C. The van der Waals surface area contributed by atoms with Crippen LogP contribution in [0, 0.1) is 6.92 Å². The van der Waals surface area contributed by atoms with E-state index in [9.17, 15) is 9.59 Å². The van der Waals surface area contributed by atoms with Crippen molar-refractivity contribution in [2.24, 2.45) is 0 Å². The molecule has 6 nitrogen and oxygen atoms in total. The zero-order valence-electron chi connectivity index (χ0n) is 11.5. The van der Waals surface area contributed by atoms with Crippen LogP contribution >= 0.6 is 0 Å². The number of nitrogens with zero attached hydrogens (tertiary/aromatic N) is 1. The summed E-state index contributed by atoms with van der Waals surface area (Å²) in [5, 5.41) is 0. The number of hydrogen-bond acceptors (Lipinski definition) is 5. The molecule has 20 heavy (non-hydrogen) atoms. The highest BCUT2D eigenvalue weighted by Crippen LogP contribution is 2.17. The summed E-state index contributed by atoms with van der Waals surface area (Å²) < 4.78 is 15.1. The van der Waals surface area contributed by atoms with Crippen LogP contribution in [0.5, 0.6) is 0 Å². The Morgan fingerprint density at radius 3 is 2.75 bits per heavy atom. The molecule has 0 bridgehead atoms. The molecule has 6 heteroatoms. The molecule has 0 aliphatic rings. The van der Waals surface area contributed by atoms with Crippen LogP contribution in [0.4, 0.5) is 0 Å². The van der Waals surface area contributed by atoms with E-state index in [4.69, 9.17) is 8.83 Å². The van der Waals surface area contributed by atoms with Gasteiger partial charge >= 0.3 is 5.97 Å². The molecule has 0 radical (unpaired) electrons. The molecule has 2 aromatic heterocycles. The van der Waals surface area contributed by atoms with Crippen LogP contribution in [0.25, 0.3) is 0 Å². The highest BCUT2D eigenvalue weighted by atomic mass is 16.5. The maximum atomic E-state index is 12.0. The molecule has 0 atom stereocenters. The standard InChI is InChI=1S/C14H15NO5/c1-9-11(14(17)18-3)7-10(20-9)8-15(2)13(16)12-5-4-6-19-12/h4-7H,8H2,1-3H3. The van der Waals surface area contributed by atoms with Crippen molar-refractivity contribution >= 4 is 11.9 Å². The van der Waals surface area contributed by atoms with Crippen molar-refractivity contribution in [1.82, 2.24) is 4.90 Å². The second-order valence-electron chi connectivity index (χ2n) is 4.31. The van der Waals surface area contributed by atoms with Crippen molar-refractivity contribution in [3.63, 3.8) is 0 Å². The van der Waals surface area contributed by atoms with Crippen molar-refractivity contribution in [1.29, 1.82) is 0 Å². The van der Waals surface area contributed by atoms with Crippen molar-refractivity contribution < 1.29 is 23.2 Å². The smallest absolute Gasteiger partial charge is 0.341 e. The number of rotatable bonds is 4. The Balaban J connectivity index is 2.10. The van der Waals surface area contributed by atoms with Crippen LogP contribution < -0.4 is 0 Å². The third-order valence-corrected chi connectivity index (χ3v) is 2.85. The van der Waals surface area contributed by atoms with Crippen LogP contribution in [0.3, 0.4) is 0 Å². The van der Waals surface area contributed by atoms with Crippen LogP contribution in [0.15, 0.2) is 33.3 Å². The highest BCUT2D eigenvalue weighted by Gasteiger charge is 2.19. The molecule has 0 aromatic carbocycles. The summed E-state index contributed by atoms with van der Waals surface area (Å²) in [5.41, 5.74) is 0.362. The van der Waals surface area contributed by atoms with Gasteiger partial charge in [0.2, 0.25) is 0 Å². The Morgan fingerprint density at radius 1 is 1.40 bits per heavy atom. The summed E-state index contributed by atoms with van der Waals surface area (Å²) in [6, 6.07) is 4.81. The topological polar surface area (TPSA) is 72.9 Å². The number of furan rings is 2. The van der Waals surface area contributed by atoms with Crippen molar-refractivity contribution in [3.8, 4) is 0 Å². The number of methoxy groups -OCH3 is 1. The Labute approximate surface area is 115 Å². The van der Waals surface area contributed by atoms with E-state index in [1.54, 1.807) is 32.2 Å². The average Bonchev–Trinajstić information content (AvgIpc) is 3.06. The number of amides is 1. The molecule has 1 amide bonds. The zero-order chi connectivity index (χ0) is 14.7. The van der Waals surface area contributed by atoms with Crippen LogP contribution in [0.1, 0.15) is 32.4 Å². The third kappa shape index (κ3) is 2.74. The molecule has 0 aliphatic heterocycles. The first kappa shape index (κ1) is 13.9. The fraction of sp³-hybridized carbons (Fsp3) is 0.286. The highest BCUT2D eigenvalue weighted by molar-refractivity contribution is 5.91. The number of aryl methyl sites for hydroxylation is 1. The molecule has 0 aliphatic carbocycles. The van der Waals surface area contributed by atoms with E-state index in [-0.39, 0.29) is 18.2 Å². The van der Waals surface area contributed by atoms with Gasteiger partial charge in [0.1, 0.15) is 17.1 Å². The van der Waals surface area contributed by atoms with Crippen LogP contribution in [-0.2, 0) is 11.3 Å². The van der Waals surface area contributed by atoms with Crippen molar-refractivity contribution in [2.75, 3.05) is 14.2 Å². The summed E-state index contributed by atoms with van der Waals surface area (Å²) in [7, 11) is 2.93. The molecule has 2 aromatic rings. The van der Waals surface area contributed by atoms with Gasteiger partial charge in [-0.3, -0.25) is 4.79 Å². The molecule has 0 saturated carbocycles. The number of carbonyl (C=O) groups excluding carboxylic acids is 2. The van der Waals surface area contributed by atoms with Gasteiger partial charge in [0.15, 0.2) is 5.76 Å². The first-order valence-electron chi connectivity index (χ1n) is 5.99. The Morgan fingerprint density at radius 2 is 2.15 bits per heavy atom. The fourth-order valence-corrected chi connectivity index (χ4v) is 1.83. The lowest BCUT2D eigenvalue weighted by Crippen LogP contribution is -2.25. The van der Waals surface area contributed by atoms with Crippen molar-refractivity contribution in [2.45, 2.75) is 13.5 Å². The van der Waals surface area contributed by atoms with Gasteiger partial charge in [-0.25, -0.2) is 4.79 Å². The van der Waals surface area contributed by atoms with Gasteiger partial charge in [-0.2, -0.15) is 0 Å². The van der Waals surface area contributed by atoms with Gasteiger partial charge < -0.3 is 18.5 Å². The fourth-order valence-electron chi connectivity index (χ4n) is 1.83.